The molecule has 5 nitrogen and oxygen atoms in total. The molecular weight excluding hydrogens is 262 g/mol. The first-order chi connectivity index (χ1) is 9.08. The van der Waals surface area contributed by atoms with E-state index in [-0.39, 0.29) is 17.9 Å². The van der Waals surface area contributed by atoms with Crippen molar-refractivity contribution in [2.75, 3.05) is 6.54 Å². The molecule has 1 fully saturated rings. The zero-order valence-corrected chi connectivity index (χ0v) is 12.2. The molecule has 1 aromatic heterocycles. The van der Waals surface area contributed by atoms with Crippen molar-refractivity contribution in [3.8, 4) is 0 Å². The minimum atomic E-state index is -0.202. The molecule has 106 valence electrons. The lowest BCUT2D eigenvalue weighted by Gasteiger charge is -2.25. The molecule has 2 atom stereocenters. The smallest absolute Gasteiger partial charge is 0.264 e. The minimum absolute atomic E-state index is 0.0845. The Labute approximate surface area is 117 Å². The van der Waals surface area contributed by atoms with Gasteiger partial charge in [0.25, 0.3) is 5.91 Å². The van der Waals surface area contributed by atoms with Gasteiger partial charge in [0.05, 0.1) is 11.8 Å². The van der Waals surface area contributed by atoms with E-state index < -0.39 is 0 Å². The molecule has 1 amide bonds. The van der Waals surface area contributed by atoms with E-state index in [0.717, 1.165) is 42.9 Å². The Hall–Kier alpha value is -1.01. The first-order valence-corrected chi connectivity index (χ1v) is 7.63. The molecule has 0 radical (unpaired) electrons. The molecule has 1 heterocycles. The lowest BCUT2D eigenvalue weighted by Crippen LogP contribution is -2.33. The fourth-order valence-electron chi connectivity index (χ4n) is 2.50. The summed E-state index contributed by atoms with van der Waals surface area (Å²) in [5.41, 5.74) is 0.770. The Morgan fingerprint density at radius 1 is 1.53 bits per heavy atom. The van der Waals surface area contributed by atoms with E-state index in [2.05, 4.69) is 14.9 Å². The van der Waals surface area contributed by atoms with Crippen molar-refractivity contribution in [2.24, 2.45) is 5.92 Å². The average molecular weight is 283 g/mol. The van der Waals surface area contributed by atoms with Crippen LogP contribution in [0.25, 0.3) is 0 Å². The summed E-state index contributed by atoms with van der Waals surface area (Å²) in [5, 5.41) is 16.6. The molecule has 1 saturated carbocycles. The van der Waals surface area contributed by atoms with E-state index >= 15 is 0 Å². The number of aliphatic hydroxyl groups is 1. The molecule has 2 rings (SSSR count). The van der Waals surface area contributed by atoms with Crippen LogP contribution in [0.5, 0.6) is 0 Å². The summed E-state index contributed by atoms with van der Waals surface area (Å²) in [6, 6.07) is 0. The normalized spacial score (nSPS) is 23.6. The van der Waals surface area contributed by atoms with Gasteiger partial charge < -0.3 is 10.4 Å². The van der Waals surface area contributed by atoms with Crippen molar-refractivity contribution >= 4 is 17.4 Å². The Morgan fingerprint density at radius 3 is 3.00 bits per heavy atom. The highest BCUT2D eigenvalue weighted by atomic mass is 32.1. The zero-order chi connectivity index (χ0) is 13.8. The summed E-state index contributed by atoms with van der Waals surface area (Å²) in [6.45, 7) is 4.64. The van der Waals surface area contributed by atoms with Crippen molar-refractivity contribution in [1.29, 1.82) is 0 Å². The number of aromatic nitrogens is 2. The second kappa shape index (κ2) is 6.43. The van der Waals surface area contributed by atoms with Crippen LogP contribution >= 0.6 is 11.5 Å². The highest BCUT2D eigenvalue weighted by Gasteiger charge is 2.23. The number of rotatable bonds is 4. The fourth-order valence-corrected chi connectivity index (χ4v) is 3.23. The third-order valence-corrected chi connectivity index (χ3v) is 4.31. The van der Waals surface area contributed by atoms with E-state index in [1.54, 1.807) is 0 Å². The second-order valence-electron chi connectivity index (χ2n) is 5.54. The SMILES string of the molecule is CC(C)c1nnsc1C(=O)NCC1CCCC(O)C1. The summed E-state index contributed by atoms with van der Waals surface area (Å²) < 4.78 is 3.86. The van der Waals surface area contributed by atoms with E-state index in [1.165, 1.54) is 0 Å². The van der Waals surface area contributed by atoms with Crippen LogP contribution in [0, 0.1) is 5.92 Å². The number of nitrogens with zero attached hydrogens (tertiary/aromatic N) is 2. The van der Waals surface area contributed by atoms with Crippen LogP contribution < -0.4 is 5.32 Å². The van der Waals surface area contributed by atoms with Gasteiger partial charge in [0, 0.05) is 6.54 Å². The molecule has 1 aliphatic rings. The van der Waals surface area contributed by atoms with Gasteiger partial charge in [-0.25, -0.2) is 0 Å². The van der Waals surface area contributed by atoms with Crippen molar-refractivity contribution in [2.45, 2.75) is 51.6 Å². The van der Waals surface area contributed by atoms with Crippen molar-refractivity contribution in [3.05, 3.63) is 10.6 Å². The van der Waals surface area contributed by atoms with E-state index in [1.807, 2.05) is 13.8 Å². The molecule has 1 aromatic rings. The molecule has 0 saturated heterocycles. The highest BCUT2D eigenvalue weighted by molar-refractivity contribution is 7.08. The number of nitrogens with one attached hydrogen (secondary N) is 1. The van der Waals surface area contributed by atoms with Crippen LogP contribution in [-0.2, 0) is 0 Å². The average Bonchev–Trinajstić information content (AvgIpc) is 2.85. The van der Waals surface area contributed by atoms with E-state index in [0.29, 0.717) is 17.3 Å². The van der Waals surface area contributed by atoms with Gasteiger partial charge in [-0.05, 0) is 42.6 Å². The molecule has 6 heteroatoms. The molecule has 19 heavy (non-hydrogen) atoms. The van der Waals surface area contributed by atoms with Crippen LogP contribution in [0.15, 0.2) is 0 Å². The lowest BCUT2D eigenvalue weighted by molar-refractivity contribution is 0.0875. The topological polar surface area (TPSA) is 75.1 Å². The number of carbonyl (C=O) groups excluding carboxylic acids is 1. The van der Waals surface area contributed by atoms with Gasteiger partial charge in [-0.2, -0.15) is 0 Å². The highest BCUT2D eigenvalue weighted by Crippen LogP contribution is 2.24. The Balaban J connectivity index is 1.88. The van der Waals surface area contributed by atoms with Gasteiger partial charge >= 0.3 is 0 Å². The molecule has 1 aliphatic carbocycles. The van der Waals surface area contributed by atoms with Crippen LogP contribution in [0.3, 0.4) is 0 Å². The largest absolute Gasteiger partial charge is 0.393 e. The Morgan fingerprint density at radius 2 is 2.32 bits per heavy atom. The van der Waals surface area contributed by atoms with Crippen molar-refractivity contribution in [3.63, 3.8) is 0 Å². The molecule has 0 aliphatic heterocycles. The first-order valence-electron chi connectivity index (χ1n) is 6.86. The van der Waals surface area contributed by atoms with Crippen LogP contribution in [-0.4, -0.2) is 33.2 Å². The third kappa shape index (κ3) is 3.73. The maximum atomic E-state index is 12.1. The first kappa shape index (κ1) is 14.4. The second-order valence-corrected chi connectivity index (χ2v) is 6.29. The number of aliphatic hydroxyl groups excluding tert-OH is 1. The van der Waals surface area contributed by atoms with Crippen LogP contribution in [0.1, 0.15) is 60.8 Å². The molecule has 0 spiro atoms. The number of hydrogen-bond acceptors (Lipinski definition) is 5. The van der Waals surface area contributed by atoms with Gasteiger partial charge in [0.1, 0.15) is 4.88 Å². The number of carbonyl (C=O) groups is 1. The van der Waals surface area contributed by atoms with Gasteiger partial charge in [0.2, 0.25) is 0 Å². The van der Waals surface area contributed by atoms with Crippen molar-refractivity contribution in [1.82, 2.24) is 14.9 Å². The summed E-state index contributed by atoms with van der Waals surface area (Å²) >= 11 is 1.15. The van der Waals surface area contributed by atoms with Crippen molar-refractivity contribution < 1.29 is 9.90 Å². The molecule has 2 N–H and O–H groups in total. The maximum Gasteiger partial charge on any atom is 0.264 e. The molecule has 0 aromatic carbocycles. The quantitative estimate of drug-likeness (QED) is 0.885. The summed E-state index contributed by atoms with van der Waals surface area (Å²) in [7, 11) is 0. The van der Waals surface area contributed by atoms with E-state index in [9.17, 15) is 9.90 Å². The minimum Gasteiger partial charge on any atom is -0.393 e. The maximum absolute atomic E-state index is 12.1. The fraction of sp³-hybridized carbons (Fsp3) is 0.769. The van der Waals surface area contributed by atoms with Crippen LogP contribution in [0.2, 0.25) is 0 Å². The summed E-state index contributed by atoms with van der Waals surface area (Å²) in [6.07, 6.45) is 3.60. The number of hydrogen-bond donors (Lipinski definition) is 2. The molecule has 0 bridgehead atoms. The van der Waals surface area contributed by atoms with E-state index in [4.69, 9.17) is 0 Å². The standard InChI is InChI=1S/C13H21N3O2S/c1-8(2)11-12(19-16-15-11)13(18)14-7-9-4-3-5-10(17)6-9/h8-10,17H,3-7H2,1-2H3,(H,14,18). The molecular formula is C13H21N3O2S. The number of amides is 1. The zero-order valence-electron chi connectivity index (χ0n) is 11.4. The molecule has 2 unspecified atom stereocenters. The predicted molar refractivity (Wildman–Crippen MR) is 74.3 cm³/mol. The van der Waals surface area contributed by atoms with Gasteiger partial charge in [-0.3, -0.25) is 4.79 Å². The Bertz CT molecular complexity index is 433. The predicted octanol–water partition coefficient (Wildman–Crippen LogP) is 1.94. The van der Waals surface area contributed by atoms with Gasteiger partial charge in [-0.1, -0.05) is 24.8 Å². The third-order valence-electron chi connectivity index (χ3n) is 3.57. The lowest BCUT2D eigenvalue weighted by atomic mass is 9.87. The van der Waals surface area contributed by atoms with Gasteiger partial charge in [0.15, 0.2) is 0 Å². The monoisotopic (exact) mass is 283 g/mol. The summed E-state index contributed by atoms with van der Waals surface area (Å²) in [4.78, 5) is 12.7. The van der Waals surface area contributed by atoms with Gasteiger partial charge in [-0.15, -0.1) is 5.10 Å². The van der Waals surface area contributed by atoms with Crippen LogP contribution in [0.4, 0.5) is 0 Å². The Kier molecular flexibility index (Phi) is 4.87. The summed E-state index contributed by atoms with van der Waals surface area (Å²) in [5.74, 6) is 0.505.